The Bertz CT molecular complexity index is 195. The SMILES string of the molecule is CC(C)(C)[Si](C)(C)[N][Si](C)(C)C(C)(C)C. The topological polar surface area (TPSA) is 14.1 Å². The lowest BCUT2D eigenvalue weighted by atomic mass is 10.2. The zero-order chi connectivity index (χ0) is 12.7. The molecule has 0 unspecified atom stereocenters. The number of rotatable bonds is 2. The Balaban J connectivity index is 4.89. The van der Waals surface area contributed by atoms with Crippen LogP contribution >= 0.6 is 0 Å². The fourth-order valence-corrected chi connectivity index (χ4v) is 9.31. The molecule has 3 heteroatoms. The summed E-state index contributed by atoms with van der Waals surface area (Å²) >= 11 is 0. The first kappa shape index (κ1) is 15.4. The highest BCUT2D eigenvalue weighted by molar-refractivity contribution is 6.93. The van der Waals surface area contributed by atoms with E-state index in [2.05, 4.69) is 67.7 Å². The van der Waals surface area contributed by atoms with E-state index in [0.717, 1.165) is 0 Å². The third-order valence-corrected chi connectivity index (χ3v) is 16.0. The zero-order valence-corrected chi connectivity index (χ0v) is 14.4. The zero-order valence-electron chi connectivity index (χ0n) is 12.4. The molecule has 0 bridgehead atoms. The van der Waals surface area contributed by atoms with Crippen molar-refractivity contribution in [2.75, 3.05) is 0 Å². The third-order valence-electron chi connectivity index (χ3n) is 4.23. The van der Waals surface area contributed by atoms with Crippen molar-refractivity contribution in [2.45, 2.75) is 77.8 Å². The van der Waals surface area contributed by atoms with Gasteiger partial charge < -0.3 is 0 Å². The smallest absolute Gasteiger partial charge is 0.134 e. The van der Waals surface area contributed by atoms with Crippen molar-refractivity contribution in [1.29, 1.82) is 0 Å². The van der Waals surface area contributed by atoms with Crippen LogP contribution in [0.15, 0.2) is 0 Å². The molecule has 0 amide bonds. The van der Waals surface area contributed by atoms with E-state index in [4.69, 9.17) is 4.65 Å². The second-order valence-electron chi connectivity index (χ2n) is 7.73. The van der Waals surface area contributed by atoms with Gasteiger partial charge >= 0.3 is 0 Å². The van der Waals surface area contributed by atoms with Crippen molar-refractivity contribution >= 4 is 16.5 Å². The van der Waals surface area contributed by atoms with E-state index in [-0.39, 0.29) is 0 Å². The molecule has 0 aliphatic rings. The molecule has 1 nitrogen and oxygen atoms in total. The van der Waals surface area contributed by atoms with Gasteiger partial charge in [-0.2, -0.15) is 0 Å². The van der Waals surface area contributed by atoms with Crippen molar-refractivity contribution in [1.82, 2.24) is 4.65 Å². The van der Waals surface area contributed by atoms with E-state index < -0.39 is 16.5 Å². The average molecular weight is 245 g/mol. The van der Waals surface area contributed by atoms with E-state index in [9.17, 15) is 0 Å². The molecule has 0 aromatic heterocycles. The highest BCUT2D eigenvalue weighted by Crippen LogP contribution is 2.41. The van der Waals surface area contributed by atoms with E-state index in [1.165, 1.54) is 0 Å². The second kappa shape index (κ2) is 4.00. The Hall–Kier alpha value is 0.394. The van der Waals surface area contributed by atoms with Crippen LogP contribution in [0.5, 0.6) is 0 Å². The molecule has 0 saturated heterocycles. The summed E-state index contributed by atoms with van der Waals surface area (Å²) in [4.78, 5) is 0. The van der Waals surface area contributed by atoms with Gasteiger partial charge in [-0.15, -0.1) is 0 Å². The van der Waals surface area contributed by atoms with E-state index in [1.807, 2.05) is 0 Å². The first-order valence-electron chi connectivity index (χ1n) is 5.95. The molecule has 0 saturated carbocycles. The Morgan fingerprint density at radius 1 is 0.600 bits per heavy atom. The lowest BCUT2D eigenvalue weighted by molar-refractivity contribution is 0.680. The lowest BCUT2D eigenvalue weighted by Gasteiger charge is -2.46. The number of hydrogen-bond acceptors (Lipinski definition) is 0. The van der Waals surface area contributed by atoms with Gasteiger partial charge in [-0.25, -0.2) is 0 Å². The van der Waals surface area contributed by atoms with Crippen LogP contribution in [0, 0.1) is 0 Å². The molecule has 91 valence electrons. The van der Waals surface area contributed by atoms with E-state index in [0.29, 0.717) is 10.1 Å². The Kier molecular flexibility index (Phi) is 4.11. The first-order chi connectivity index (χ1) is 6.21. The minimum atomic E-state index is -1.46. The fraction of sp³-hybridized carbons (Fsp3) is 1.00. The third kappa shape index (κ3) is 3.72. The molecule has 0 aromatic rings. The normalized spacial score (nSPS) is 15.6. The predicted molar refractivity (Wildman–Crippen MR) is 76.5 cm³/mol. The van der Waals surface area contributed by atoms with Crippen LogP contribution in [0.1, 0.15) is 41.5 Å². The molecule has 0 fully saturated rings. The van der Waals surface area contributed by atoms with Crippen LogP contribution in [0.4, 0.5) is 0 Å². The van der Waals surface area contributed by atoms with E-state index >= 15 is 0 Å². The highest BCUT2D eigenvalue weighted by atomic mass is 28.4. The highest BCUT2D eigenvalue weighted by Gasteiger charge is 2.45. The molecule has 15 heavy (non-hydrogen) atoms. The van der Waals surface area contributed by atoms with Crippen LogP contribution in [-0.4, -0.2) is 16.5 Å². The monoisotopic (exact) mass is 244 g/mol. The van der Waals surface area contributed by atoms with Gasteiger partial charge in [0.15, 0.2) is 0 Å². The summed E-state index contributed by atoms with van der Waals surface area (Å²) in [5, 5.41) is 0.755. The summed E-state index contributed by atoms with van der Waals surface area (Å²) in [7, 11) is -2.93. The molecule has 0 aliphatic carbocycles. The largest absolute Gasteiger partial charge is 0.294 e. The van der Waals surface area contributed by atoms with Gasteiger partial charge in [-0.3, -0.25) is 4.65 Å². The predicted octanol–water partition coefficient (Wildman–Crippen LogP) is 4.60. The van der Waals surface area contributed by atoms with Gasteiger partial charge in [0.25, 0.3) is 0 Å². The Labute approximate surface area is 99.2 Å². The number of nitrogens with zero attached hydrogens (tertiary/aromatic N) is 1. The molecule has 0 spiro atoms. The van der Waals surface area contributed by atoms with Gasteiger partial charge in [-0.05, 0) is 10.1 Å². The molecular weight excluding hydrogens is 214 g/mol. The van der Waals surface area contributed by atoms with Crippen molar-refractivity contribution in [3.8, 4) is 0 Å². The van der Waals surface area contributed by atoms with Crippen LogP contribution in [-0.2, 0) is 0 Å². The summed E-state index contributed by atoms with van der Waals surface area (Å²) in [5.41, 5.74) is 0. The van der Waals surface area contributed by atoms with Crippen molar-refractivity contribution < 1.29 is 0 Å². The molecule has 0 aromatic carbocycles. The minimum absolute atomic E-state index is 0.377. The lowest BCUT2D eigenvalue weighted by Crippen LogP contribution is -2.61. The first-order valence-corrected chi connectivity index (χ1v) is 11.8. The summed E-state index contributed by atoms with van der Waals surface area (Å²) in [5.74, 6) is 0. The molecule has 0 rings (SSSR count). The second-order valence-corrected chi connectivity index (χ2v) is 17.9. The molecule has 0 heterocycles. The standard InChI is InChI=1S/C12H30NSi2/c1-11(2,3)14(7,8)13-15(9,10)12(4,5)6/h1-10H3. The Morgan fingerprint density at radius 2 is 0.800 bits per heavy atom. The van der Waals surface area contributed by atoms with Gasteiger partial charge in [0.05, 0.1) is 0 Å². The van der Waals surface area contributed by atoms with Gasteiger partial charge in [0.2, 0.25) is 0 Å². The summed E-state index contributed by atoms with van der Waals surface area (Å²) in [6, 6.07) is 0. The molecular formula is C12H30NSi2. The summed E-state index contributed by atoms with van der Waals surface area (Å²) in [6.07, 6.45) is 0. The maximum absolute atomic E-state index is 5.36. The average Bonchev–Trinajstić information content (AvgIpc) is 1.77. The quantitative estimate of drug-likeness (QED) is 0.630. The van der Waals surface area contributed by atoms with Crippen molar-refractivity contribution in [3.05, 3.63) is 0 Å². The van der Waals surface area contributed by atoms with Gasteiger partial charge in [0.1, 0.15) is 16.5 Å². The summed E-state index contributed by atoms with van der Waals surface area (Å²) < 4.78 is 5.36. The Morgan fingerprint density at radius 3 is 0.933 bits per heavy atom. The van der Waals surface area contributed by atoms with Gasteiger partial charge in [0, 0.05) is 0 Å². The molecule has 0 N–H and O–H groups in total. The van der Waals surface area contributed by atoms with Crippen LogP contribution < -0.4 is 4.65 Å². The van der Waals surface area contributed by atoms with Crippen LogP contribution in [0.25, 0.3) is 0 Å². The molecule has 0 aliphatic heterocycles. The van der Waals surface area contributed by atoms with Crippen molar-refractivity contribution in [3.63, 3.8) is 0 Å². The van der Waals surface area contributed by atoms with Crippen LogP contribution in [0.3, 0.4) is 0 Å². The van der Waals surface area contributed by atoms with Gasteiger partial charge in [-0.1, -0.05) is 67.7 Å². The fourth-order valence-electron chi connectivity index (χ4n) is 1.03. The summed E-state index contributed by atoms with van der Waals surface area (Å²) in [6.45, 7) is 23.7. The van der Waals surface area contributed by atoms with E-state index in [1.54, 1.807) is 0 Å². The molecule has 0 atom stereocenters. The minimum Gasteiger partial charge on any atom is -0.294 e. The maximum atomic E-state index is 5.36. The maximum Gasteiger partial charge on any atom is 0.134 e. The van der Waals surface area contributed by atoms with Crippen LogP contribution in [0.2, 0.25) is 36.3 Å². The number of hydrogen-bond donors (Lipinski definition) is 0. The van der Waals surface area contributed by atoms with Crippen molar-refractivity contribution in [2.24, 2.45) is 0 Å². The molecule has 1 radical (unpaired) electrons.